The Balaban J connectivity index is 2.06. The van der Waals surface area contributed by atoms with Gasteiger partial charge in [0.25, 0.3) is 5.91 Å². The minimum Gasteiger partial charge on any atom is -0.493 e. The van der Waals surface area contributed by atoms with Crippen LogP contribution in [0.4, 0.5) is 5.69 Å². The van der Waals surface area contributed by atoms with Crippen molar-refractivity contribution in [1.82, 2.24) is 0 Å². The number of anilines is 1. The summed E-state index contributed by atoms with van der Waals surface area (Å²) < 4.78 is 16.8. The maximum absolute atomic E-state index is 12.2. The fraction of sp³-hybridized carbons (Fsp3) is 0.222. The van der Waals surface area contributed by atoms with E-state index in [1.807, 2.05) is 13.0 Å². The Bertz CT molecular complexity index is 763. The van der Waals surface area contributed by atoms with E-state index in [4.69, 9.17) is 14.2 Å². The standard InChI is InChI=1S/C18H18BrNO5/c1-3-24-15-7-5-4-6-14(15)20-18(22)11-25-17-8-12(10-21)13(19)9-16(17)23-2/h4-10H,3,11H2,1-2H3,(H,20,22). The fourth-order valence-corrected chi connectivity index (χ4v) is 2.51. The zero-order valence-corrected chi connectivity index (χ0v) is 15.5. The third-order valence-corrected chi connectivity index (χ3v) is 3.92. The van der Waals surface area contributed by atoms with E-state index in [2.05, 4.69) is 21.2 Å². The van der Waals surface area contributed by atoms with Crippen molar-refractivity contribution in [3.8, 4) is 17.2 Å². The number of methoxy groups -OCH3 is 1. The van der Waals surface area contributed by atoms with Gasteiger partial charge in [0.15, 0.2) is 24.4 Å². The predicted molar refractivity (Wildman–Crippen MR) is 97.8 cm³/mol. The molecule has 0 spiro atoms. The van der Waals surface area contributed by atoms with E-state index >= 15 is 0 Å². The summed E-state index contributed by atoms with van der Waals surface area (Å²) in [5.41, 5.74) is 0.965. The van der Waals surface area contributed by atoms with E-state index in [-0.39, 0.29) is 12.5 Å². The van der Waals surface area contributed by atoms with E-state index < -0.39 is 0 Å². The molecule has 6 nitrogen and oxygen atoms in total. The number of halogens is 1. The zero-order chi connectivity index (χ0) is 18.2. The SMILES string of the molecule is CCOc1ccccc1NC(=O)COc1cc(C=O)c(Br)cc1OC. The normalized spacial score (nSPS) is 10.0. The largest absolute Gasteiger partial charge is 0.493 e. The second-order valence-corrected chi connectivity index (χ2v) is 5.76. The molecule has 0 fully saturated rings. The molecular formula is C18H18BrNO5. The minimum absolute atomic E-state index is 0.239. The van der Waals surface area contributed by atoms with Gasteiger partial charge in [-0.05, 0) is 47.1 Å². The van der Waals surface area contributed by atoms with Crippen LogP contribution in [0.3, 0.4) is 0 Å². The van der Waals surface area contributed by atoms with Crippen molar-refractivity contribution in [2.24, 2.45) is 0 Å². The van der Waals surface area contributed by atoms with Gasteiger partial charge in [0.2, 0.25) is 0 Å². The lowest BCUT2D eigenvalue weighted by Crippen LogP contribution is -2.20. The van der Waals surface area contributed by atoms with E-state index in [1.165, 1.54) is 13.2 Å². The van der Waals surface area contributed by atoms with Gasteiger partial charge in [0, 0.05) is 10.0 Å². The predicted octanol–water partition coefficient (Wildman–Crippen LogP) is 3.69. The van der Waals surface area contributed by atoms with Crippen LogP contribution < -0.4 is 19.5 Å². The average Bonchev–Trinajstić information content (AvgIpc) is 2.62. The summed E-state index contributed by atoms with van der Waals surface area (Å²) in [6.07, 6.45) is 0.689. The monoisotopic (exact) mass is 407 g/mol. The molecule has 132 valence electrons. The Hall–Kier alpha value is -2.54. The van der Waals surface area contributed by atoms with Crippen molar-refractivity contribution in [2.45, 2.75) is 6.92 Å². The van der Waals surface area contributed by atoms with Gasteiger partial charge in [-0.3, -0.25) is 9.59 Å². The van der Waals surface area contributed by atoms with E-state index in [0.717, 1.165) is 0 Å². The van der Waals surface area contributed by atoms with Crippen molar-refractivity contribution >= 4 is 33.8 Å². The lowest BCUT2D eigenvalue weighted by Gasteiger charge is -2.13. The number of para-hydroxylation sites is 2. The third-order valence-electron chi connectivity index (χ3n) is 3.23. The topological polar surface area (TPSA) is 73.9 Å². The molecule has 2 aromatic carbocycles. The molecule has 2 aromatic rings. The first-order valence-corrected chi connectivity index (χ1v) is 8.35. The molecular weight excluding hydrogens is 390 g/mol. The van der Waals surface area contributed by atoms with Gasteiger partial charge in [-0.1, -0.05) is 12.1 Å². The summed E-state index contributed by atoms with van der Waals surface area (Å²) in [4.78, 5) is 23.2. The maximum atomic E-state index is 12.2. The van der Waals surface area contributed by atoms with Crippen LogP contribution in [-0.2, 0) is 4.79 Å². The van der Waals surface area contributed by atoms with E-state index in [0.29, 0.717) is 45.9 Å². The number of amides is 1. The van der Waals surface area contributed by atoms with Gasteiger partial charge >= 0.3 is 0 Å². The lowest BCUT2D eigenvalue weighted by atomic mass is 10.2. The number of hydrogen-bond acceptors (Lipinski definition) is 5. The molecule has 1 amide bonds. The first-order chi connectivity index (χ1) is 12.1. The van der Waals surface area contributed by atoms with Crippen LogP contribution in [0.1, 0.15) is 17.3 Å². The number of rotatable bonds is 8. The number of ether oxygens (including phenoxy) is 3. The Morgan fingerprint density at radius 1 is 1.16 bits per heavy atom. The van der Waals surface area contributed by atoms with Crippen molar-refractivity contribution in [3.05, 3.63) is 46.4 Å². The van der Waals surface area contributed by atoms with E-state index in [9.17, 15) is 9.59 Å². The Labute approximate surface area is 154 Å². The number of aldehydes is 1. The number of carbonyl (C=O) groups excluding carboxylic acids is 2. The molecule has 0 atom stereocenters. The highest BCUT2D eigenvalue weighted by molar-refractivity contribution is 9.10. The van der Waals surface area contributed by atoms with Crippen LogP contribution >= 0.6 is 15.9 Å². The zero-order valence-electron chi connectivity index (χ0n) is 13.9. The van der Waals surface area contributed by atoms with Gasteiger partial charge in [0.1, 0.15) is 5.75 Å². The first kappa shape index (κ1) is 18.8. The molecule has 1 N–H and O–H groups in total. The smallest absolute Gasteiger partial charge is 0.262 e. The van der Waals surface area contributed by atoms with E-state index in [1.54, 1.807) is 24.3 Å². The lowest BCUT2D eigenvalue weighted by molar-refractivity contribution is -0.118. The number of carbonyl (C=O) groups is 2. The minimum atomic E-state index is -0.357. The summed E-state index contributed by atoms with van der Waals surface area (Å²) in [6, 6.07) is 10.3. The summed E-state index contributed by atoms with van der Waals surface area (Å²) in [5.74, 6) is 0.952. The Morgan fingerprint density at radius 3 is 2.60 bits per heavy atom. The summed E-state index contributed by atoms with van der Waals surface area (Å²) >= 11 is 3.27. The molecule has 0 saturated heterocycles. The fourth-order valence-electron chi connectivity index (χ4n) is 2.09. The molecule has 0 bridgehead atoms. The molecule has 25 heavy (non-hydrogen) atoms. The van der Waals surface area contributed by atoms with Crippen LogP contribution in [0.25, 0.3) is 0 Å². The molecule has 0 aliphatic heterocycles. The third kappa shape index (κ3) is 4.96. The van der Waals surface area contributed by atoms with Crippen molar-refractivity contribution < 1.29 is 23.8 Å². The Kier molecular flexibility index (Phi) is 6.82. The van der Waals surface area contributed by atoms with Crippen LogP contribution in [0.15, 0.2) is 40.9 Å². The molecule has 2 rings (SSSR count). The summed E-state index contributed by atoms with van der Waals surface area (Å²) in [7, 11) is 1.48. The van der Waals surface area contributed by atoms with Gasteiger partial charge in [-0.15, -0.1) is 0 Å². The molecule has 0 aromatic heterocycles. The van der Waals surface area contributed by atoms with Crippen molar-refractivity contribution in [3.63, 3.8) is 0 Å². The maximum Gasteiger partial charge on any atom is 0.262 e. The summed E-state index contributed by atoms with van der Waals surface area (Å²) in [6.45, 7) is 2.12. The molecule has 0 unspecified atom stereocenters. The molecule has 0 radical (unpaired) electrons. The van der Waals surface area contributed by atoms with Crippen LogP contribution in [0.2, 0.25) is 0 Å². The molecule has 0 heterocycles. The summed E-state index contributed by atoms with van der Waals surface area (Å²) in [5, 5.41) is 2.73. The highest BCUT2D eigenvalue weighted by Gasteiger charge is 2.13. The van der Waals surface area contributed by atoms with Crippen LogP contribution in [-0.4, -0.2) is 32.5 Å². The highest BCUT2D eigenvalue weighted by Crippen LogP contribution is 2.33. The highest BCUT2D eigenvalue weighted by atomic mass is 79.9. The van der Waals surface area contributed by atoms with Crippen molar-refractivity contribution in [1.29, 1.82) is 0 Å². The van der Waals surface area contributed by atoms with Gasteiger partial charge in [-0.2, -0.15) is 0 Å². The molecule has 0 aliphatic carbocycles. The Morgan fingerprint density at radius 2 is 1.92 bits per heavy atom. The van der Waals surface area contributed by atoms with Gasteiger partial charge in [0.05, 0.1) is 19.4 Å². The first-order valence-electron chi connectivity index (χ1n) is 7.56. The second kappa shape index (κ2) is 9.08. The number of benzene rings is 2. The number of hydrogen-bond donors (Lipinski definition) is 1. The molecule has 0 aliphatic rings. The second-order valence-electron chi connectivity index (χ2n) is 4.91. The molecule has 7 heteroatoms. The molecule has 0 saturated carbocycles. The van der Waals surface area contributed by atoms with Crippen molar-refractivity contribution in [2.75, 3.05) is 25.6 Å². The van der Waals surface area contributed by atoms with Crippen LogP contribution in [0, 0.1) is 0 Å². The van der Waals surface area contributed by atoms with Gasteiger partial charge in [-0.25, -0.2) is 0 Å². The average molecular weight is 408 g/mol. The van der Waals surface area contributed by atoms with Crippen LogP contribution in [0.5, 0.6) is 17.2 Å². The van der Waals surface area contributed by atoms with Gasteiger partial charge < -0.3 is 19.5 Å². The number of nitrogens with one attached hydrogen (secondary N) is 1. The quantitative estimate of drug-likeness (QED) is 0.675.